The maximum absolute atomic E-state index is 11.9. The lowest BCUT2D eigenvalue weighted by Gasteiger charge is -2.10. The Morgan fingerprint density at radius 3 is 2.82 bits per heavy atom. The summed E-state index contributed by atoms with van der Waals surface area (Å²) in [5.41, 5.74) is 1.53. The fourth-order valence-electron chi connectivity index (χ4n) is 1.44. The molecule has 0 bridgehead atoms. The zero-order valence-electron chi connectivity index (χ0n) is 10.1. The van der Waals surface area contributed by atoms with Crippen LogP contribution in [0.2, 0.25) is 0 Å². The summed E-state index contributed by atoms with van der Waals surface area (Å²) in [6, 6.07) is 7.48. The van der Waals surface area contributed by atoms with Gasteiger partial charge in [-0.3, -0.25) is 4.79 Å². The van der Waals surface area contributed by atoms with E-state index >= 15 is 0 Å². The van der Waals surface area contributed by atoms with Crippen LogP contribution in [0.25, 0.3) is 0 Å². The summed E-state index contributed by atoms with van der Waals surface area (Å²) in [5.74, 6) is 2.41. The zero-order valence-corrected chi connectivity index (χ0v) is 10.1. The molecule has 0 heterocycles. The van der Waals surface area contributed by atoms with E-state index in [0.29, 0.717) is 18.5 Å². The van der Waals surface area contributed by atoms with Gasteiger partial charge in [-0.25, -0.2) is 0 Å². The Balaban J connectivity index is 2.68. The number of rotatable bonds is 6. The van der Waals surface area contributed by atoms with Gasteiger partial charge in [0.1, 0.15) is 0 Å². The van der Waals surface area contributed by atoms with Crippen molar-refractivity contribution >= 4 is 11.6 Å². The second-order valence-corrected chi connectivity index (χ2v) is 3.68. The van der Waals surface area contributed by atoms with E-state index in [0.717, 1.165) is 18.7 Å². The number of terminal acetylenes is 1. The van der Waals surface area contributed by atoms with Crippen LogP contribution in [-0.2, 0) is 0 Å². The number of amides is 1. The molecule has 0 spiro atoms. The highest BCUT2D eigenvalue weighted by atomic mass is 16.1. The predicted octanol–water partition coefficient (Wildman–Crippen LogP) is 2.26. The fourth-order valence-corrected chi connectivity index (χ4v) is 1.44. The molecular formula is C14H18N2O. The largest absolute Gasteiger partial charge is 0.384 e. The van der Waals surface area contributed by atoms with Gasteiger partial charge in [0, 0.05) is 25.2 Å². The molecule has 3 heteroatoms. The summed E-state index contributed by atoms with van der Waals surface area (Å²) >= 11 is 0. The number of carbonyl (C=O) groups is 1. The second-order valence-electron chi connectivity index (χ2n) is 3.68. The third kappa shape index (κ3) is 4.20. The summed E-state index contributed by atoms with van der Waals surface area (Å²) in [4.78, 5) is 11.9. The van der Waals surface area contributed by atoms with Crippen molar-refractivity contribution in [3.63, 3.8) is 0 Å². The van der Waals surface area contributed by atoms with E-state index in [1.165, 1.54) is 0 Å². The lowest BCUT2D eigenvalue weighted by atomic mass is 10.1. The maximum Gasteiger partial charge on any atom is 0.253 e. The lowest BCUT2D eigenvalue weighted by Crippen LogP contribution is -2.25. The Labute approximate surface area is 103 Å². The molecule has 1 rings (SSSR count). The summed E-state index contributed by atoms with van der Waals surface area (Å²) < 4.78 is 0. The Morgan fingerprint density at radius 2 is 2.12 bits per heavy atom. The molecule has 1 aromatic rings. The highest BCUT2D eigenvalue weighted by molar-refractivity contribution is 5.99. The van der Waals surface area contributed by atoms with E-state index in [-0.39, 0.29) is 5.91 Å². The monoisotopic (exact) mass is 230 g/mol. The van der Waals surface area contributed by atoms with Gasteiger partial charge in [0.15, 0.2) is 0 Å². The topological polar surface area (TPSA) is 41.1 Å². The Kier molecular flexibility index (Phi) is 5.67. The molecule has 2 N–H and O–H groups in total. The van der Waals surface area contributed by atoms with Crippen LogP contribution in [0.1, 0.15) is 30.1 Å². The molecule has 0 aliphatic carbocycles. The van der Waals surface area contributed by atoms with Crippen LogP contribution in [0.15, 0.2) is 24.3 Å². The molecule has 0 aliphatic rings. The van der Waals surface area contributed by atoms with Crippen LogP contribution < -0.4 is 10.6 Å². The van der Waals surface area contributed by atoms with Gasteiger partial charge in [0.05, 0.1) is 5.56 Å². The van der Waals surface area contributed by atoms with E-state index in [1.807, 2.05) is 24.3 Å². The van der Waals surface area contributed by atoms with E-state index in [2.05, 4.69) is 23.5 Å². The average molecular weight is 230 g/mol. The Hall–Kier alpha value is -1.95. The summed E-state index contributed by atoms with van der Waals surface area (Å²) in [6.07, 6.45) is 6.71. The Bertz CT molecular complexity index is 407. The first kappa shape index (κ1) is 13.1. The third-order valence-electron chi connectivity index (χ3n) is 2.29. The molecule has 17 heavy (non-hydrogen) atoms. The molecule has 0 unspecified atom stereocenters. The van der Waals surface area contributed by atoms with Crippen molar-refractivity contribution in [1.82, 2.24) is 5.32 Å². The SMILES string of the molecule is C#CCCNC(=O)c1ccccc1NCCC. The molecule has 90 valence electrons. The number of para-hydroxylation sites is 1. The second kappa shape index (κ2) is 7.34. The number of hydrogen-bond donors (Lipinski definition) is 2. The van der Waals surface area contributed by atoms with E-state index in [1.54, 1.807) is 0 Å². The quantitative estimate of drug-likeness (QED) is 0.581. The smallest absolute Gasteiger partial charge is 0.253 e. The molecule has 0 aromatic heterocycles. The van der Waals surface area contributed by atoms with Crippen LogP contribution in [-0.4, -0.2) is 19.0 Å². The lowest BCUT2D eigenvalue weighted by molar-refractivity contribution is 0.0955. The molecule has 0 saturated carbocycles. The van der Waals surface area contributed by atoms with Crippen molar-refractivity contribution < 1.29 is 4.79 Å². The van der Waals surface area contributed by atoms with Gasteiger partial charge in [0.2, 0.25) is 0 Å². The van der Waals surface area contributed by atoms with Crippen molar-refractivity contribution in [2.24, 2.45) is 0 Å². The van der Waals surface area contributed by atoms with Crippen molar-refractivity contribution in [1.29, 1.82) is 0 Å². The van der Waals surface area contributed by atoms with Gasteiger partial charge >= 0.3 is 0 Å². The van der Waals surface area contributed by atoms with Gasteiger partial charge in [-0.05, 0) is 18.6 Å². The van der Waals surface area contributed by atoms with E-state index < -0.39 is 0 Å². The van der Waals surface area contributed by atoms with E-state index in [4.69, 9.17) is 6.42 Å². The van der Waals surface area contributed by atoms with Gasteiger partial charge in [-0.1, -0.05) is 19.1 Å². The number of nitrogens with one attached hydrogen (secondary N) is 2. The highest BCUT2D eigenvalue weighted by Crippen LogP contribution is 2.14. The zero-order chi connectivity index (χ0) is 12.5. The molecule has 0 aliphatic heterocycles. The number of carbonyl (C=O) groups excluding carboxylic acids is 1. The minimum atomic E-state index is -0.0838. The van der Waals surface area contributed by atoms with Crippen molar-refractivity contribution in [3.05, 3.63) is 29.8 Å². The molecule has 3 nitrogen and oxygen atoms in total. The minimum Gasteiger partial charge on any atom is -0.384 e. The van der Waals surface area contributed by atoms with Crippen LogP contribution in [0, 0.1) is 12.3 Å². The van der Waals surface area contributed by atoms with Crippen molar-refractivity contribution in [3.8, 4) is 12.3 Å². The van der Waals surface area contributed by atoms with Crippen LogP contribution >= 0.6 is 0 Å². The van der Waals surface area contributed by atoms with Crippen LogP contribution in [0.3, 0.4) is 0 Å². The fraction of sp³-hybridized carbons (Fsp3) is 0.357. The first-order valence-corrected chi connectivity index (χ1v) is 5.84. The molecule has 0 radical (unpaired) electrons. The highest BCUT2D eigenvalue weighted by Gasteiger charge is 2.09. The number of benzene rings is 1. The molecule has 1 amide bonds. The predicted molar refractivity (Wildman–Crippen MR) is 71.0 cm³/mol. The number of anilines is 1. The molecule has 0 fully saturated rings. The van der Waals surface area contributed by atoms with Crippen LogP contribution in [0.4, 0.5) is 5.69 Å². The number of hydrogen-bond acceptors (Lipinski definition) is 2. The van der Waals surface area contributed by atoms with Gasteiger partial charge < -0.3 is 10.6 Å². The van der Waals surface area contributed by atoms with Crippen molar-refractivity contribution in [2.45, 2.75) is 19.8 Å². The normalized spacial score (nSPS) is 9.41. The minimum absolute atomic E-state index is 0.0838. The standard InChI is InChI=1S/C14H18N2O/c1-3-5-11-16-14(17)12-8-6-7-9-13(12)15-10-4-2/h1,6-9,15H,4-5,10-11H2,2H3,(H,16,17). The van der Waals surface area contributed by atoms with Crippen molar-refractivity contribution in [2.75, 3.05) is 18.4 Å². The first-order chi connectivity index (χ1) is 8.29. The van der Waals surface area contributed by atoms with Gasteiger partial charge in [-0.2, -0.15) is 0 Å². The summed E-state index contributed by atoms with van der Waals surface area (Å²) in [6.45, 7) is 3.45. The molecule has 0 atom stereocenters. The first-order valence-electron chi connectivity index (χ1n) is 5.84. The van der Waals surface area contributed by atoms with Gasteiger partial charge in [0.25, 0.3) is 5.91 Å². The van der Waals surface area contributed by atoms with E-state index in [9.17, 15) is 4.79 Å². The summed E-state index contributed by atoms with van der Waals surface area (Å²) in [7, 11) is 0. The summed E-state index contributed by atoms with van der Waals surface area (Å²) in [5, 5.41) is 6.03. The average Bonchev–Trinajstić information content (AvgIpc) is 2.37. The Morgan fingerprint density at radius 1 is 1.35 bits per heavy atom. The molecule has 1 aromatic carbocycles. The molecular weight excluding hydrogens is 212 g/mol. The van der Waals surface area contributed by atoms with Gasteiger partial charge in [-0.15, -0.1) is 12.3 Å². The van der Waals surface area contributed by atoms with Crippen LogP contribution in [0.5, 0.6) is 0 Å². The molecule has 0 saturated heterocycles. The maximum atomic E-state index is 11.9. The third-order valence-corrected chi connectivity index (χ3v) is 2.29.